The van der Waals surface area contributed by atoms with Gasteiger partial charge in [0.25, 0.3) is 5.91 Å². The van der Waals surface area contributed by atoms with Crippen LogP contribution < -0.4 is 10.1 Å². The van der Waals surface area contributed by atoms with Gasteiger partial charge in [-0.3, -0.25) is 4.79 Å². The highest BCUT2D eigenvalue weighted by atomic mass is 19.4. The van der Waals surface area contributed by atoms with Crippen molar-refractivity contribution in [1.29, 1.82) is 0 Å². The molecule has 1 aliphatic carbocycles. The van der Waals surface area contributed by atoms with E-state index in [1.807, 2.05) is 4.90 Å². The van der Waals surface area contributed by atoms with Crippen LogP contribution in [-0.2, 0) is 16.9 Å². The van der Waals surface area contributed by atoms with Gasteiger partial charge < -0.3 is 24.5 Å². The molecule has 0 unspecified atom stereocenters. The van der Waals surface area contributed by atoms with E-state index in [1.54, 1.807) is 12.1 Å². The first-order valence-electron chi connectivity index (χ1n) is 12.3. The number of carbonyl (C=O) groups excluding carboxylic acids is 1. The minimum atomic E-state index is -4.67. The van der Waals surface area contributed by atoms with E-state index in [2.05, 4.69) is 10.3 Å². The summed E-state index contributed by atoms with van der Waals surface area (Å²) in [6.07, 6.45) is -0.828. The van der Waals surface area contributed by atoms with E-state index in [4.69, 9.17) is 9.15 Å². The lowest BCUT2D eigenvalue weighted by Gasteiger charge is -2.29. The number of hydrogen-bond donors (Lipinski definition) is 2. The maximum absolute atomic E-state index is 15.2. The lowest BCUT2D eigenvalue weighted by atomic mass is 10.0. The van der Waals surface area contributed by atoms with Gasteiger partial charge in [-0.25, -0.2) is 4.98 Å². The lowest BCUT2D eigenvalue weighted by Crippen LogP contribution is -2.50. The molecule has 0 bridgehead atoms. The van der Waals surface area contributed by atoms with Crippen LogP contribution in [0.4, 0.5) is 22.0 Å². The third-order valence-electron chi connectivity index (χ3n) is 6.70. The van der Waals surface area contributed by atoms with Crippen molar-refractivity contribution in [2.45, 2.75) is 56.0 Å². The molecule has 1 saturated heterocycles. The minimum Gasteiger partial charge on any atom is -0.474 e. The topological polar surface area (TPSA) is 87.8 Å². The number of pyridine rings is 1. The van der Waals surface area contributed by atoms with Crippen LogP contribution in [0.25, 0.3) is 11.0 Å². The zero-order valence-corrected chi connectivity index (χ0v) is 20.2. The molecule has 38 heavy (non-hydrogen) atoms. The molecule has 3 aromatic rings. The molecule has 1 aromatic carbocycles. The van der Waals surface area contributed by atoms with Gasteiger partial charge in [0.2, 0.25) is 5.88 Å². The van der Waals surface area contributed by atoms with Crippen molar-refractivity contribution in [3.8, 4) is 5.88 Å². The molecular weight excluding hydrogens is 513 g/mol. The fraction of sp³-hybridized carbons (Fsp3) is 0.462. The number of benzene rings is 1. The summed E-state index contributed by atoms with van der Waals surface area (Å²) in [5.41, 5.74) is -0.931. The van der Waals surface area contributed by atoms with E-state index in [1.165, 1.54) is 6.20 Å². The third-order valence-corrected chi connectivity index (χ3v) is 6.70. The summed E-state index contributed by atoms with van der Waals surface area (Å²) in [4.78, 5) is 18.9. The van der Waals surface area contributed by atoms with Crippen LogP contribution >= 0.6 is 0 Å². The Morgan fingerprint density at radius 3 is 2.50 bits per heavy atom. The molecule has 204 valence electrons. The fourth-order valence-electron chi connectivity index (χ4n) is 4.44. The molecule has 1 saturated carbocycles. The van der Waals surface area contributed by atoms with Crippen molar-refractivity contribution in [3.05, 3.63) is 59.5 Å². The van der Waals surface area contributed by atoms with Gasteiger partial charge in [0.1, 0.15) is 17.8 Å². The summed E-state index contributed by atoms with van der Waals surface area (Å²) in [7, 11) is 0. The molecular formula is C26H26F5N3O4. The van der Waals surface area contributed by atoms with Crippen LogP contribution in [0.1, 0.15) is 48.7 Å². The Morgan fingerprint density at radius 2 is 1.87 bits per heavy atom. The predicted molar refractivity (Wildman–Crippen MR) is 126 cm³/mol. The molecule has 2 aliphatic rings. The molecule has 2 aromatic heterocycles. The van der Waals surface area contributed by atoms with Crippen molar-refractivity contribution >= 4 is 16.9 Å². The molecule has 2 atom stereocenters. The van der Waals surface area contributed by atoms with E-state index in [0.29, 0.717) is 36.7 Å². The molecule has 0 spiro atoms. The van der Waals surface area contributed by atoms with Crippen LogP contribution in [0.3, 0.4) is 0 Å². The highest BCUT2D eigenvalue weighted by Gasteiger charge is 2.46. The van der Waals surface area contributed by atoms with Crippen LogP contribution in [0.5, 0.6) is 5.88 Å². The van der Waals surface area contributed by atoms with Crippen LogP contribution in [0, 0.1) is 0 Å². The minimum absolute atomic E-state index is 0.110. The number of likely N-dealkylation sites (tertiary alicyclic amines) is 1. The van der Waals surface area contributed by atoms with Gasteiger partial charge in [-0.2, -0.15) is 22.0 Å². The zero-order chi connectivity index (χ0) is 27.1. The predicted octanol–water partition coefficient (Wildman–Crippen LogP) is 4.79. The van der Waals surface area contributed by atoms with Gasteiger partial charge in [0, 0.05) is 29.8 Å². The Balaban J connectivity index is 1.35. The first-order valence-corrected chi connectivity index (χ1v) is 12.3. The first kappa shape index (κ1) is 26.4. The van der Waals surface area contributed by atoms with Crippen molar-refractivity contribution < 1.29 is 41.0 Å². The standard InChI is InChI=1S/C26H26F5N3O4/c27-25(28,21-12-16-11-17(26(29,30)31)4-7-20(16)38-21)24(36)33-19(14-34-9-1-2-10-34)23(35)15-3-8-22(32-13-15)37-18-5-6-18/h3-4,7-8,11-13,18-19,23,35H,1-2,5-6,9-10,14H2,(H,33,36)/t19-,23-/m1/s1. The number of nitrogens with one attached hydrogen (secondary N) is 1. The number of halogens is 5. The fourth-order valence-corrected chi connectivity index (χ4v) is 4.44. The Kier molecular flexibility index (Phi) is 7.03. The Morgan fingerprint density at radius 1 is 1.13 bits per heavy atom. The van der Waals surface area contributed by atoms with Crippen LogP contribution in [0.15, 0.2) is 47.0 Å². The molecule has 7 nitrogen and oxygen atoms in total. The summed E-state index contributed by atoms with van der Waals surface area (Å²) < 4.78 is 80.1. The van der Waals surface area contributed by atoms with Crippen molar-refractivity contribution in [2.75, 3.05) is 19.6 Å². The van der Waals surface area contributed by atoms with Crippen LogP contribution in [-0.4, -0.2) is 52.7 Å². The Bertz CT molecular complexity index is 1280. The largest absolute Gasteiger partial charge is 0.474 e. The summed E-state index contributed by atoms with van der Waals surface area (Å²) in [5, 5.41) is 13.1. The number of ether oxygens (including phenoxy) is 1. The maximum Gasteiger partial charge on any atom is 0.416 e. The summed E-state index contributed by atoms with van der Waals surface area (Å²) in [5.74, 6) is -6.66. The number of rotatable bonds is 9. The van der Waals surface area contributed by atoms with Crippen LogP contribution in [0.2, 0.25) is 0 Å². The Labute approximate surface area is 214 Å². The smallest absolute Gasteiger partial charge is 0.416 e. The second-order valence-corrected chi connectivity index (χ2v) is 9.71. The maximum atomic E-state index is 15.2. The lowest BCUT2D eigenvalue weighted by molar-refractivity contribution is -0.151. The number of aromatic nitrogens is 1. The molecule has 12 heteroatoms. The van der Waals surface area contributed by atoms with E-state index in [9.17, 15) is 23.1 Å². The highest BCUT2D eigenvalue weighted by Crippen LogP contribution is 2.37. The van der Waals surface area contributed by atoms with Crippen molar-refractivity contribution in [1.82, 2.24) is 15.2 Å². The Hall–Kier alpha value is -3.25. The van der Waals surface area contributed by atoms with Gasteiger partial charge in [0.05, 0.1) is 11.6 Å². The summed E-state index contributed by atoms with van der Waals surface area (Å²) in [6.45, 7) is 1.48. The molecule has 3 heterocycles. The normalized spacial score (nSPS) is 18.5. The quantitative estimate of drug-likeness (QED) is 0.380. The summed E-state index contributed by atoms with van der Waals surface area (Å²) >= 11 is 0. The number of alkyl halides is 5. The first-order chi connectivity index (χ1) is 18.0. The number of hydrogen-bond acceptors (Lipinski definition) is 6. The molecule has 1 amide bonds. The van der Waals surface area contributed by atoms with E-state index >= 15 is 8.78 Å². The van der Waals surface area contributed by atoms with Gasteiger partial charge in [-0.05, 0) is 69.1 Å². The number of carbonyl (C=O) groups is 1. The van der Waals surface area contributed by atoms with E-state index in [-0.39, 0.29) is 23.6 Å². The van der Waals surface area contributed by atoms with E-state index < -0.39 is 41.5 Å². The van der Waals surface area contributed by atoms with Gasteiger partial charge >= 0.3 is 12.1 Å². The molecule has 2 N–H and O–H groups in total. The second kappa shape index (κ2) is 10.1. The molecule has 1 aliphatic heterocycles. The number of fused-ring (bicyclic) bond motifs is 1. The van der Waals surface area contributed by atoms with Gasteiger partial charge in [-0.1, -0.05) is 0 Å². The SMILES string of the molecule is O=C(N[C@H](CN1CCCC1)[C@H](O)c1ccc(OC2CC2)nc1)C(F)(F)c1cc2cc(C(F)(F)F)ccc2o1. The second-order valence-electron chi connectivity index (χ2n) is 9.71. The number of aliphatic hydroxyl groups is 1. The van der Waals surface area contributed by atoms with Crippen molar-refractivity contribution in [2.24, 2.45) is 0 Å². The monoisotopic (exact) mass is 539 g/mol. The van der Waals surface area contributed by atoms with Gasteiger partial charge in [-0.15, -0.1) is 0 Å². The number of aliphatic hydroxyl groups excluding tert-OH is 1. The molecule has 0 radical (unpaired) electrons. The number of nitrogens with zero attached hydrogens (tertiary/aromatic N) is 2. The average Bonchev–Trinajstić information content (AvgIpc) is 3.35. The third kappa shape index (κ3) is 5.75. The van der Waals surface area contributed by atoms with Gasteiger partial charge in [0.15, 0.2) is 5.76 Å². The number of furan rings is 1. The van der Waals surface area contributed by atoms with E-state index in [0.717, 1.165) is 37.8 Å². The number of amides is 1. The molecule has 2 fully saturated rings. The average molecular weight is 540 g/mol. The summed E-state index contributed by atoms with van der Waals surface area (Å²) in [6, 6.07) is 5.06. The highest BCUT2D eigenvalue weighted by molar-refractivity contribution is 5.87. The zero-order valence-electron chi connectivity index (χ0n) is 20.2. The van der Waals surface area contributed by atoms with Crippen molar-refractivity contribution in [3.63, 3.8) is 0 Å². The molecule has 5 rings (SSSR count).